The van der Waals surface area contributed by atoms with Crippen LogP contribution < -0.4 is 10.6 Å². The second-order valence-corrected chi connectivity index (χ2v) is 9.82. The first kappa shape index (κ1) is 22.6. The molecule has 2 fully saturated rings. The van der Waals surface area contributed by atoms with Crippen molar-refractivity contribution < 1.29 is 24.4 Å². The number of hydrogen-bond acceptors (Lipinski definition) is 8. The predicted octanol–water partition coefficient (Wildman–Crippen LogP) is 3.15. The summed E-state index contributed by atoms with van der Waals surface area (Å²) in [5, 5.41) is 16.8. The number of aliphatic hydroxyl groups is 1. The second-order valence-electron chi connectivity index (χ2n) is 8.94. The van der Waals surface area contributed by atoms with Crippen molar-refractivity contribution in [2.75, 3.05) is 25.0 Å². The highest BCUT2D eigenvalue weighted by atomic mass is 32.1. The van der Waals surface area contributed by atoms with E-state index < -0.39 is 23.4 Å². The summed E-state index contributed by atoms with van der Waals surface area (Å²) in [4.78, 5) is 27.3. The number of aromatic nitrogens is 3. The van der Waals surface area contributed by atoms with Crippen LogP contribution in [-0.2, 0) is 16.6 Å². The highest BCUT2D eigenvalue weighted by Gasteiger charge is 2.41. The van der Waals surface area contributed by atoms with Crippen molar-refractivity contribution in [1.82, 2.24) is 25.2 Å². The van der Waals surface area contributed by atoms with Gasteiger partial charge in [0.2, 0.25) is 5.91 Å². The molecule has 5 rings (SSSR count). The van der Waals surface area contributed by atoms with Gasteiger partial charge in [-0.3, -0.25) is 14.7 Å². The number of nitrogens with one attached hydrogen (secondary N) is 2. The van der Waals surface area contributed by atoms with E-state index in [9.17, 15) is 23.1 Å². The van der Waals surface area contributed by atoms with Gasteiger partial charge in [0.15, 0.2) is 0 Å². The molecule has 1 aliphatic heterocycles. The Morgan fingerprint density at radius 2 is 2.06 bits per heavy atom. The number of carbonyl (C=O) groups excluding carboxylic acids is 1. The minimum absolute atomic E-state index is 0.122. The minimum Gasteiger partial charge on any atom is -0.384 e. The maximum Gasteiger partial charge on any atom is 0.416 e. The minimum atomic E-state index is -4.50. The van der Waals surface area contributed by atoms with Crippen molar-refractivity contribution in [3.8, 4) is 0 Å². The fourth-order valence-electron chi connectivity index (χ4n) is 4.60. The number of rotatable bonds is 6. The van der Waals surface area contributed by atoms with Gasteiger partial charge in [-0.1, -0.05) is 0 Å². The third-order valence-electron chi connectivity index (χ3n) is 6.62. The molecule has 12 heteroatoms. The van der Waals surface area contributed by atoms with Gasteiger partial charge in [-0.2, -0.15) is 13.2 Å². The number of hydrogen-bond donors (Lipinski definition) is 3. The Hall–Kier alpha value is -2.83. The van der Waals surface area contributed by atoms with Crippen molar-refractivity contribution in [1.29, 1.82) is 0 Å². The Morgan fingerprint density at radius 1 is 1.29 bits per heavy atom. The lowest BCUT2D eigenvalue weighted by Gasteiger charge is -2.48. The lowest BCUT2D eigenvalue weighted by Crippen LogP contribution is -2.63. The van der Waals surface area contributed by atoms with Crippen LogP contribution >= 0.6 is 11.3 Å². The molecule has 8 nitrogen and oxygen atoms in total. The normalized spacial score (nSPS) is 26.2. The van der Waals surface area contributed by atoms with Crippen LogP contribution in [0.25, 0.3) is 10.9 Å². The summed E-state index contributed by atoms with van der Waals surface area (Å²) in [6, 6.07) is 2.29. The Kier molecular flexibility index (Phi) is 6.02. The Bertz CT molecular complexity index is 1240. The molecule has 0 unspecified atom stereocenters. The quantitative estimate of drug-likeness (QED) is 0.471. The number of halogens is 3. The molecule has 0 atom stereocenters. The number of alkyl halides is 3. The summed E-state index contributed by atoms with van der Waals surface area (Å²) in [6.07, 6.45) is 0.423. The van der Waals surface area contributed by atoms with Gasteiger partial charge in [0.25, 0.3) is 0 Å². The molecule has 186 valence electrons. The largest absolute Gasteiger partial charge is 0.416 e. The van der Waals surface area contributed by atoms with Crippen LogP contribution in [0.2, 0.25) is 0 Å². The van der Waals surface area contributed by atoms with Crippen molar-refractivity contribution in [2.45, 2.75) is 49.5 Å². The molecule has 0 bridgehead atoms. The standard InChI is InChI=1S/C23H25F3N6O2S/c24-23(25,26)14-1-2-18-17(7-14)21(30-12-29-18)28-9-20(33)31-15-10-32(11-15)16-3-5-22(34,6-4-16)19-8-27-13-35-19/h1-2,7-8,12-13,15-16,34H,3-6,9-11H2,(H,31,33)(H,28,29,30)/t16-,22+/i16D. The van der Waals surface area contributed by atoms with Crippen molar-refractivity contribution in [2.24, 2.45) is 0 Å². The van der Waals surface area contributed by atoms with Crippen LogP contribution in [0.1, 0.15) is 37.5 Å². The smallest absolute Gasteiger partial charge is 0.384 e. The van der Waals surface area contributed by atoms with E-state index in [1.807, 2.05) is 4.90 Å². The van der Waals surface area contributed by atoms with Gasteiger partial charge < -0.3 is 15.7 Å². The van der Waals surface area contributed by atoms with E-state index in [-0.39, 0.29) is 29.7 Å². The number of nitrogens with zero attached hydrogens (tertiary/aromatic N) is 4. The Labute approximate surface area is 205 Å². The van der Waals surface area contributed by atoms with E-state index in [2.05, 4.69) is 25.6 Å². The van der Waals surface area contributed by atoms with Crippen LogP contribution in [0.4, 0.5) is 19.0 Å². The molecule has 0 spiro atoms. The van der Waals surface area contributed by atoms with E-state index in [0.29, 0.717) is 44.3 Å². The molecule has 3 N–H and O–H groups in total. The van der Waals surface area contributed by atoms with Gasteiger partial charge in [0.05, 0.1) is 34.1 Å². The van der Waals surface area contributed by atoms with Crippen LogP contribution in [0.15, 0.2) is 36.2 Å². The van der Waals surface area contributed by atoms with E-state index in [4.69, 9.17) is 1.37 Å². The first-order chi connectivity index (χ1) is 17.1. The van der Waals surface area contributed by atoms with Crippen molar-refractivity contribution >= 4 is 34.0 Å². The molecule has 2 aliphatic rings. The summed E-state index contributed by atoms with van der Waals surface area (Å²) < 4.78 is 48.1. The lowest BCUT2D eigenvalue weighted by molar-refractivity contribution is -0.137. The van der Waals surface area contributed by atoms with E-state index in [1.165, 1.54) is 23.7 Å². The van der Waals surface area contributed by atoms with Gasteiger partial charge in [-0.05, 0) is 43.9 Å². The molecule has 1 aromatic carbocycles. The zero-order valence-corrected chi connectivity index (χ0v) is 19.5. The first-order valence-corrected chi connectivity index (χ1v) is 12.2. The van der Waals surface area contributed by atoms with Crippen molar-refractivity contribution in [3.05, 3.63) is 46.7 Å². The first-order valence-electron chi connectivity index (χ1n) is 11.8. The fraction of sp³-hybridized carbons (Fsp3) is 0.478. The summed E-state index contributed by atoms with van der Waals surface area (Å²) in [7, 11) is 0. The molecular weight excluding hydrogens is 481 g/mol. The number of anilines is 1. The van der Waals surface area contributed by atoms with E-state index in [0.717, 1.165) is 17.0 Å². The third-order valence-corrected chi connectivity index (χ3v) is 7.58. The molecule has 3 aromatic rings. The van der Waals surface area contributed by atoms with E-state index in [1.54, 1.807) is 11.7 Å². The predicted molar refractivity (Wildman–Crippen MR) is 125 cm³/mol. The molecule has 2 aromatic heterocycles. The third kappa shape index (κ3) is 5.09. The maximum absolute atomic E-state index is 13.1. The van der Waals surface area contributed by atoms with Crippen LogP contribution in [-0.4, -0.2) is 62.6 Å². The summed E-state index contributed by atoms with van der Waals surface area (Å²) >= 11 is 1.42. The van der Waals surface area contributed by atoms with Gasteiger partial charge in [-0.25, -0.2) is 9.97 Å². The van der Waals surface area contributed by atoms with Gasteiger partial charge in [0.1, 0.15) is 17.7 Å². The number of fused-ring (bicyclic) bond motifs is 1. The topological polar surface area (TPSA) is 103 Å². The Morgan fingerprint density at radius 3 is 2.74 bits per heavy atom. The fourth-order valence-corrected chi connectivity index (χ4v) is 5.39. The van der Waals surface area contributed by atoms with Gasteiger partial charge in [-0.15, -0.1) is 11.3 Å². The average Bonchev–Trinajstić information content (AvgIpc) is 3.37. The number of thiazole rings is 1. The number of carbonyl (C=O) groups is 1. The summed E-state index contributed by atoms with van der Waals surface area (Å²) in [5.74, 6) is -0.169. The average molecular weight is 508 g/mol. The molecule has 0 radical (unpaired) electrons. The van der Waals surface area contributed by atoms with Crippen LogP contribution in [0, 0.1) is 0 Å². The van der Waals surface area contributed by atoms with E-state index >= 15 is 0 Å². The zero-order chi connectivity index (χ0) is 25.6. The molecule has 35 heavy (non-hydrogen) atoms. The second kappa shape index (κ2) is 9.32. The monoisotopic (exact) mass is 507 g/mol. The summed E-state index contributed by atoms with van der Waals surface area (Å²) in [6.45, 7) is 0.895. The van der Waals surface area contributed by atoms with Gasteiger partial charge in [0, 0.05) is 32.1 Å². The zero-order valence-electron chi connectivity index (χ0n) is 19.7. The number of benzene rings is 1. The molecule has 1 saturated heterocycles. The highest BCUT2D eigenvalue weighted by molar-refractivity contribution is 7.09. The number of likely N-dealkylation sites (tertiary alicyclic amines) is 1. The number of amides is 1. The molecule has 1 aliphatic carbocycles. The highest BCUT2D eigenvalue weighted by Crippen LogP contribution is 2.40. The molecule has 3 heterocycles. The van der Waals surface area contributed by atoms with Crippen molar-refractivity contribution in [3.63, 3.8) is 0 Å². The SMILES string of the molecule is [2H][C@]1(N2CC(NC(=O)CNc3ncnc4ccc(C(F)(F)F)cc34)C2)CC[C@](O)(c2cncs2)CC1. The Balaban J connectivity index is 1.12. The molecular formula is C23H25F3N6O2S. The molecule has 1 saturated carbocycles. The molecule has 1 amide bonds. The van der Waals surface area contributed by atoms with Crippen LogP contribution in [0.3, 0.4) is 0 Å². The van der Waals surface area contributed by atoms with Gasteiger partial charge >= 0.3 is 6.18 Å². The summed E-state index contributed by atoms with van der Waals surface area (Å²) in [5.41, 5.74) is 0.290. The lowest BCUT2D eigenvalue weighted by atomic mass is 9.80. The maximum atomic E-state index is 13.1. The van der Waals surface area contributed by atoms with Crippen LogP contribution in [0.5, 0.6) is 0 Å².